The molecule has 1 aromatic carbocycles. The molecule has 0 spiro atoms. The third-order valence-corrected chi connectivity index (χ3v) is 6.19. The lowest BCUT2D eigenvalue weighted by atomic mass is 10.1. The molecule has 28 heavy (non-hydrogen) atoms. The molecule has 0 saturated carbocycles. The topological polar surface area (TPSA) is 59.4 Å². The SMILES string of the molecule is CO[C@H]1CCCN(c2ccc(NC(=O)c3sc(-n4cccc4)nc3C)cc2)C1. The fourth-order valence-electron chi connectivity index (χ4n) is 3.47. The molecule has 0 unspecified atom stereocenters. The first kappa shape index (κ1) is 18.7. The minimum Gasteiger partial charge on any atom is -0.380 e. The van der Waals surface area contributed by atoms with Gasteiger partial charge < -0.3 is 19.5 Å². The van der Waals surface area contributed by atoms with Crippen LogP contribution < -0.4 is 10.2 Å². The minimum absolute atomic E-state index is 0.126. The Morgan fingerprint density at radius 1 is 1.25 bits per heavy atom. The van der Waals surface area contributed by atoms with Crippen molar-refractivity contribution in [3.05, 3.63) is 59.4 Å². The van der Waals surface area contributed by atoms with Gasteiger partial charge in [0.1, 0.15) is 4.88 Å². The van der Waals surface area contributed by atoms with Gasteiger partial charge >= 0.3 is 0 Å². The van der Waals surface area contributed by atoms with Crippen LogP contribution in [0, 0.1) is 6.92 Å². The van der Waals surface area contributed by atoms with E-state index < -0.39 is 0 Å². The number of aryl methyl sites for hydroxylation is 1. The Bertz CT molecular complexity index is 934. The number of carbonyl (C=O) groups excluding carboxylic acids is 1. The highest BCUT2D eigenvalue weighted by Gasteiger charge is 2.20. The smallest absolute Gasteiger partial charge is 0.267 e. The molecule has 7 heteroatoms. The van der Waals surface area contributed by atoms with Crippen LogP contribution in [0.2, 0.25) is 0 Å². The monoisotopic (exact) mass is 396 g/mol. The van der Waals surface area contributed by atoms with Crippen molar-refractivity contribution in [2.75, 3.05) is 30.4 Å². The molecule has 1 N–H and O–H groups in total. The van der Waals surface area contributed by atoms with Crippen LogP contribution in [0.25, 0.3) is 5.13 Å². The number of aromatic nitrogens is 2. The second kappa shape index (κ2) is 8.16. The lowest BCUT2D eigenvalue weighted by Gasteiger charge is -2.33. The first-order chi connectivity index (χ1) is 13.6. The number of piperidine rings is 1. The molecule has 2 aromatic heterocycles. The quantitative estimate of drug-likeness (QED) is 0.705. The van der Waals surface area contributed by atoms with Gasteiger partial charge in [-0.2, -0.15) is 0 Å². The highest BCUT2D eigenvalue weighted by Crippen LogP contribution is 2.25. The van der Waals surface area contributed by atoms with Crippen molar-refractivity contribution in [1.29, 1.82) is 0 Å². The molecule has 4 rings (SSSR count). The van der Waals surface area contributed by atoms with E-state index in [-0.39, 0.29) is 12.0 Å². The maximum atomic E-state index is 12.7. The van der Waals surface area contributed by atoms with Gasteiger partial charge in [-0.3, -0.25) is 4.79 Å². The number of nitrogens with one attached hydrogen (secondary N) is 1. The number of carbonyl (C=O) groups is 1. The van der Waals surface area contributed by atoms with Gasteiger partial charge in [-0.25, -0.2) is 4.98 Å². The number of benzene rings is 1. The van der Waals surface area contributed by atoms with E-state index in [0.717, 1.165) is 48.1 Å². The molecule has 1 saturated heterocycles. The third-order valence-electron chi connectivity index (χ3n) is 5.02. The first-order valence-corrected chi connectivity index (χ1v) is 10.3. The molecule has 0 aliphatic carbocycles. The average molecular weight is 397 g/mol. The highest BCUT2D eigenvalue weighted by molar-refractivity contribution is 7.16. The third kappa shape index (κ3) is 3.95. The summed E-state index contributed by atoms with van der Waals surface area (Å²) in [6.07, 6.45) is 6.38. The van der Waals surface area contributed by atoms with Crippen LogP contribution in [0.3, 0.4) is 0 Å². The molecule has 0 radical (unpaired) electrons. The number of hydrogen-bond acceptors (Lipinski definition) is 5. The Morgan fingerprint density at radius 3 is 2.71 bits per heavy atom. The number of thiazole rings is 1. The van der Waals surface area contributed by atoms with Gasteiger partial charge in [0.2, 0.25) is 0 Å². The molecule has 1 aliphatic heterocycles. The van der Waals surface area contributed by atoms with Crippen molar-refractivity contribution >= 4 is 28.6 Å². The van der Waals surface area contributed by atoms with E-state index in [4.69, 9.17) is 4.74 Å². The number of hydrogen-bond donors (Lipinski definition) is 1. The lowest BCUT2D eigenvalue weighted by molar-refractivity contribution is 0.0893. The Hall–Kier alpha value is -2.64. The van der Waals surface area contributed by atoms with Crippen molar-refractivity contribution in [3.63, 3.8) is 0 Å². The maximum Gasteiger partial charge on any atom is 0.267 e. The number of nitrogens with zero attached hydrogens (tertiary/aromatic N) is 3. The largest absolute Gasteiger partial charge is 0.380 e. The molecule has 1 fully saturated rings. The summed E-state index contributed by atoms with van der Waals surface area (Å²) >= 11 is 1.39. The van der Waals surface area contributed by atoms with E-state index >= 15 is 0 Å². The Labute approximate surface area is 168 Å². The molecule has 6 nitrogen and oxygen atoms in total. The maximum absolute atomic E-state index is 12.7. The van der Waals surface area contributed by atoms with Crippen LogP contribution in [0.4, 0.5) is 11.4 Å². The van der Waals surface area contributed by atoms with Gasteiger partial charge in [0.05, 0.1) is 11.8 Å². The zero-order valence-electron chi connectivity index (χ0n) is 16.1. The summed E-state index contributed by atoms with van der Waals surface area (Å²) in [5.41, 5.74) is 2.68. The predicted molar refractivity (Wildman–Crippen MR) is 113 cm³/mol. The summed E-state index contributed by atoms with van der Waals surface area (Å²) in [5, 5.41) is 3.78. The van der Waals surface area contributed by atoms with Crippen LogP contribution in [-0.2, 0) is 4.74 Å². The average Bonchev–Trinajstić information content (AvgIpc) is 3.38. The second-order valence-electron chi connectivity index (χ2n) is 6.95. The molecule has 3 heterocycles. The van der Waals surface area contributed by atoms with E-state index in [1.54, 1.807) is 7.11 Å². The second-order valence-corrected chi connectivity index (χ2v) is 7.93. The van der Waals surface area contributed by atoms with Crippen LogP contribution in [-0.4, -0.2) is 41.8 Å². The van der Waals surface area contributed by atoms with Crippen molar-refractivity contribution < 1.29 is 9.53 Å². The summed E-state index contributed by atoms with van der Waals surface area (Å²) in [5.74, 6) is -0.126. The Morgan fingerprint density at radius 2 is 2.00 bits per heavy atom. The molecule has 146 valence electrons. The number of anilines is 2. The number of rotatable bonds is 5. The van der Waals surface area contributed by atoms with Crippen molar-refractivity contribution in [2.24, 2.45) is 0 Å². The number of methoxy groups -OCH3 is 1. The highest BCUT2D eigenvalue weighted by atomic mass is 32.1. The number of ether oxygens (including phenoxy) is 1. The van der Waals surface area contributed by atoms with Gasteiger partial charge in [-0.15, -0.1) is 0 Å². The predicted octanol–water partition coefficient (Wildman–Crippen LogP) is 4.11. The van der Waals surface area contributed by atoms with E-state index in [2.05, 4.69) is 27.3 Å². The summed E-state index contributed by atoms with van der Waals surface area (Å²) in [7, 11) is 1.77. The van der Waals surface area contributed by atoms with Crippen LogP contribution >= 0.6 is 11.3 Å². The number of amides is 1. The zero-order valence-corrected chi connectivity index (χ0v) is 16.9. The van der Waals surface area contributed by atoms with Crippen molar-refractivity contribution in [2.45, 2.75) is 25.9 Å². The van der Waals surface area contributed by atoms with E-state index in [0.29, 0.717) is 4.88 Å². The first-order valence-electron chi connectivity index (χ1n) is 9.44. The van der Waals surface area contributed by atoms with E-state index in [9.17, 15) is 4.79 Å². The summed E-state index contributed by atoms with van der Waals surface area (Å²) in [6.45, 7) is 3.81. The van der Waals surface area contributed by atoms with E-state index in [1.807, 2.05) is 48.1 Å². The normalized spacial score (nSPS) is 16.9. The van der Waals surface area contributed by atoms with Crippen LogP contribution in [0.15, 0.2) is 48.8 Å². The molecule has 3 aromatic rings. The lowest BCUT2D eigenvalue weighted by Crippen LogP contribution is -2.39. The van der Waals surface area contributed by atoms with Crippen LogP contribution in [0.5, 0.6) is 0 Å². The van der Waals surface area contributed by atoms with Gasteiger partial charge in [0.25, 0.3) is 5.91 Å². The van der Waals surface area contributed by atoms with Gasteiger partial charge in [-0.05, 0) is 56.2 Å². The van der Waals surface area contributed by atoms with E-state index in [1.165, 1.54) is 11.3 Å². The van der Waals surface area contributed by atoms with Gasteiger partial charge in [0, 0.05) is 44.0 Å². The van der Waals surface area contributed by atoms with Gasteiger partial charge in [0.15, 0.2) is 5.13 Å². The summed E-state index contributed by atoms with van der Waals surface area (Å²) in [4.78, 5) is 20.2. The van der Waals surface area contributed by atoms with Crippen molar-refractivity contribution in [3.8, 4) is 5.13 Å². The molecular weight excluding hydrogens is 372 g/mol. The molecule has 1 atom stereocenters. The van der Waals surface area contributed by atoms with Gasteiger partial charge in [-0.1, -0.05) is 11.3 Å². The Balaban J connectivity index is 1.44. The summed E-state index contributed by atoms with van der Waals surface area (Å²) < 4.78 is 7.41. The van der Waals surface area contributed by atoms with Crippen molar-refractivity contribution in [1.82, 2.24) is 9.55 Å². The molecular formula is C21H24N4O2S. The standard InChI is InChI=1S/C21H24N4O2S/c1-15-19(28-21(22-15)24-11-3-4-12-24)20(26)23-16-7-9-17(10-8-16)25-13-5-6-18(14-25)27-2/h3-4,7-12,18H,5-6,13-14H2,1-2H3,(H,23,26)/t18-/m0/s1. The molecule has 1 amide bonds. The zero-order chi connectivity index (χ0) is 19.5. The minimum atomic E-state index is -0.126. The molecule has 0 bridgehead atoms. The fraction of sp³-hybridized carbons (Fsp3) is 0.333. The van der Waals surface area contributed by atoms with Crippen LogP contribution in [0.1, 0.15) is 28.2 Å². The fourth-order valence-corrected chi connectivity index (χ4v) is 4.40. The Kier molecular flexibility index (Phi) is 5.45. The molecule has 1 aliphatic rings. The summed E-state index contributed by atoms with van der Waals surface area (Å²) in [6, 6.07) is 11.9.